The maximum atomic E-state index is 12.6. The highest BCUT2D eigenvalue weighted by atomic mass is 32.2. The van der Waals surface area contributed by atoms with Crippen LogP contribution in [0.3, 0.4) is 0 Å². The number of pyridine rings is 1. The van der Waals surface area contributed by atoms with E-state index in [2.05, 4.69) is 15.3 Å². The second-order valence-corrected chi connectivity index (χ2v) is 10.1. The van der Waals surface area contributed by atoms with Gasteiger partial charge in [0.05, 0.1) is 23.5 Å². The fourth-order valence-electron chi connectivity index (χ4n) is 3.11. The predicted molar refractivity (Wildman–Crippen MR) is 133 cm³/mol. The molecule has 2 aromatic carbocycles. The number of carbonyl (C=O) groups excluding carboxylic acids is 1. The molecule has 0 saturated heterocycles. The zero-order chi connectivity index (χ0) is 24.0. The molecule has 2 heterocycles. The van der Waals surface area contributed by atoms with Gasteiger partial charge in [-0.2, -0.15) is 0 Å². The minimum Gasteiger partial charge on any atom is -0.497 e. The van der Waals surface area contributed by atoms with Gasteiger partial charge in [-0.3, -0.25) is 15.1 Å². The smallest absolute Gasteiger partial charge is 0.250 e. The second kappa shape index (κ2) is 10.4. The largest absolute Gasteiger partial charge is 0.497 e. The summed E-state index contributed by atoms with van der Waals surface area (Å²) in [5, 5.41) is 5.10. The number of carbonyl (C=O) groups is 1. The lowest BCUT2D eigenvalue weighted by atomic mass is 10.2. The molecule has 7 nitrogen and oxygen atoms in total. The van der Waals surface area contributed by atoms with Crippen molar-refractivity contribution in [2.24, 2.45) is 0 Å². The SMILES string of the molecule is COc1ccc(-c2csc(NC(=O)C=Cc3ccc(S(=O)(=O)Cc4ccncc4)cc3)n2)cc1. The van der Waals surface area contributed by atoms with E-state index in [1.54, 1.807) is 49.8 Å². The van der Waals surface area contributed by atoms with E-state index >= 15 is 0 Å². The van der Waals surface area contributed by atoms with E-state index in [9.17, 15) is 13.2 Å². The Kier molecular flexibility index (Phi) is 7.15. The molecule has 172 valence electrons. The highest BCUT2D eigenvalue weighted by Gasteiger charge is 2.15. The van der Waals surface area contributed by atoms with Crippen molar-refractivity contribution >= 4 is 38.3 Å². The molecule has 2 aromatic heterocycles. The number of nitrogens with one attached hydrogen (secondary N) is 1. The molecular formula is C25H21N3O4S2. The summed E-state index contributed by atoms with van der Waals surface area (Å²) in [7, 11) is -1.86. The Morgan fingerprint density at radius 2 is 1.74 bits per heavy atom. The Morgan fingerprint density at radius 1 is 1.03 bits per heavy atom. The van der Waals surface area contributed by atoms with Gasteiger partial charge in [-0.25, -0.2) is 13.4 Å². The fourth-order valence-corrected chi connectivity index (χ4v) is 5.18. The summed E-state index contributed by atoms with van der Waals surface area (Å²) in [6, 6.07) is 17.3. The Bertz CT molecular complexity index is 1400. The van der Waals surface area contributed by atoms with Gasteiger partial charge in [0.25, 0.3) is 0 Å². The zero-order valence-electron chi connectivity index (χ0n) is 18.2. The lowest BCUT2D eigenvalue weighted by Crippen LogP contribution is -2.07. The van der Waals surface area contributed by atoms with Gasteiger partial charge < -0.3 is 4.74 Å². The number of amides is 1. The monoisotopic (exact) mass is 491 g/mol. The minimum atomic E-state index is -3.47. The number of methoxy groups -OCH3 is 1. The van der Waals surface area contributed by atoms with Gasteiger partial charge in [-0.15, -0.1) is 11.3 Å². The van der Waals surface area contributed by atoms with Crippen LogP contribution in [0.25, 0.3) is 17.3 Å². The number of ether oxygens (including phenoxy) is 1. The van der Waals surface area contributed by atoms with Crippen LogP contribution in [0.1, 0.15) is 11.1 Å². The minimum absolute atomic E-state index is 0.0978. The average molecular weight is 492 g/mol. The summed E-state index contributed by atoms with van der Waals surface area (Å²) >= 11 is 1.33. The molecule has 4 rings (SSSR count). The normalized spacial score (nSPS) is 11.4. The first-order valence-corrected chi connectivity index (χ1v) is 12.8. The van der Waals surface area contributed by atoms with E-state index in [1.165, 1.54) is 29.5 Å². The average Bonchev–Trinajstić information content (AvgIpc) is 3.32. The Balaban J connectivity index is 1.36. The molecule has 0 unspecified atom stereocenters. The van der Waals surface area contributed by atoms with Crippen LogP contribution in [0, 0.1) is 0 Å². The number of aromatic nitrogens is 2. The van der Waals surface area contributed by atoms with Gasteiger partial charge >= 0.3 is 0 Å². The van der Waals surface area contributed by atoms with Gasteiger partial charge in [-0.1, -0.05) is 12.1 Å². The lowest BCUT2D eigenvalue weighted by molar-refractivity contribution is -0.111. The number of hydrogen-bond acceptors (Lipinski definition) is 7. The number of hydrogen-bond donors (Lipinski definition) is 1. The summed E-state index contributed by atoms with van der Waals surface area (Å²) in [6.07, 6.45) is 6.13. The quantitative estimate of drug-likeness (QED) is 0.354. The highest BCUT2D eigenvalue weighted by Crippen LogP contribution is 2.26. The lowest BCUT2D eigenvalue weighted by Gasteiger charge is -2.05. The fraction of sp³-hybridized carbons (Fsp3) is 0.0800. The molecule has 0 radical (unpaired) electrons. The third kappa shape index (κ3) is 5.94. The molecular weight excluding hydrogens is 470 g/mol. The van der Waals surface area contributed by atoms with Crippen molar-refractivity contribution in [2.75, 3.05) is 12.4 Å². The summed E-state index contributed by atoms with van der Waals surface area (Å²) in [4.78, 5) is 20.9. The van der Waals surface area contributed by atoms with E-state index in [1.807, 2.05) is 29.6 Å². The first-order chi connectivity index (χ1) is 16.4. The number of anilines is 1. The van der Waals surface area contributed by atoms with E-state index in [0.29, 0.717) is 16.3 Å². The van der Waals surface area contributed by atoms with Crippen molar-refractivity contribution in [2.45, 2.75) is 10.6 Å². The molecule has 9 heteroatoms. The molecule has 1 N–H and O–H groups in total. The molecule has 0 saturated carbocycles. The van der Waals surface area contributed by atoms with Crippen molar-refractivity contribution in [1.82, 2.24) is 9.97 Å². The highest BCUT2D eigenvalue weighted by molar-refractivity contribution is 7.90. The van der Waals surface area contributed by atoms with Crippen LogP contribution >= 0.6 is 11.3 Å². The Morgan fingerprint density at radius 3 is 2.41 bits per heavy atom. The first kappa shape index (κ1) is 23.3. The molecule has 0 aliphatic heterocycles. The predicted octanol–water partition coefficient (Wildman–Crippen LogP) is 4.84. The van der Waals surface area contributed by atoms with Gasteiger partial charge in [0, 0.05) is 29.4 Å². The molecule has 0 fully saturated rings. The van der Waals surface area contributed by atoms with Crippen LogP contribution in [0.2, 0.25) is 0 Å². The van der Waals surface area contributed by atoms with Crippen LogP contribution in [0.5, 0.6) is 5.75 Å². The van der Waals surface area contributed by atoms with Crippen molar-refractivity contribution in [3.8, 4) is 17.0 Å². The second-order valence-electron chi connectivity index (χ2n) is 7.27. The van der Waals surface area contributed by atoms with E-state index < -0.39 is 9.84 Å². The van der Waals surface area contributed by atoms with E-state index in [-0.39, 0.29) is 16.6 Å². The van der Waals surface area contributed by atoms with Crippen molar-refractivity contribution in [3.63, 3.8) is 0 Å². The van der Waals surface area contributed by atoms with Crippen LogP contribution in [0.15, 0.2) is 89.4 Å². The van der Waals surface area contributed by atoms with E-state index in [4.69, 9.17) is 4.74 Å². The standard InChI is InChI=1S/C25H21N3O4S2/c1-32-21-7-5-20(6-8-21)23-16-33-25(27-23)28-24(29)11-4-18-2-9-22(10-3-18)34(30,31)17-19-12-14-26-15-13-19/h2-16H,17H2,1H3,(H,27,28,29). The number of benzene rings is 2. The first-order valence-electron chi connectivity index (χ1n) is 10.2. The zero-order valence-corrected chi connectivity index (χ0v) is 19.8. The van der Waals surface area contributed by atoms with Gasteiger partial charge in [0.2, 0.25) is 5.91 Å². The Labute approximate surface area is 201 Å². The van der Waals surface area contributed by atoms with E-state index in [0.717, 1.165) is 17.0 Å². The summed E-state index contributed by atoms with van der Waals surface area (Å²) in [5.41, 5.74) is 3.06. The molecule has 0 bridgehead atoms. The molecule has 0 spiro atoms. The molecule has 4 aromatic rings. The molecule has 1 amide bonds. The van der Waals surface area contributed by atoms with Crippen LogP contribution in [-0.4, -0.2) is 31.4 Å². The maximum Gasteiger partial charge on any atom is 0.250 e. The van der Waals surface area contributed by atoms with Gasteiger partial charge in [0.15, 0.2) is 15.0 Å². The van der Waals surface area contributed by atoms with Crippen LogP contribution in [0.4, 0.5) is 5.13 Å². The number of rotatable bonds is 8. The van der Waals surface area contributed by atoms with Gasteiger partial charge in [-0.05, 0) is 65.7 Å². The number of thiazole rings is 1. The number of sulfone groups is 1. The van der Waals surface area contributed by atoms with Crippen molar-refractivity contribution in [3.05, 3.63) is 95.6 Å². The topological polar surface area (TPSA) is 98.2 Å². The van der Waals surface area contributed by atoms with Crippen LogP contribution < -0.4 is 10.1 Å². The summed E-state index contributed by atoms with van der Waals surface area (Å²) in [6.45, 7) is 0. The van der Waals surface area contributed by atoms with Gasteiger partial charge in [0.1, 0.15) is 5.75 Å². The maximum absolute atomic E-state index is 12.6. The number of nitrogens with zero attached hydrogens (tertiary/aromatic N) is 2. The molecule has 34 heavy (non-hydrogen) atoms. The molecule has 0 aliphatic carbocycles. The van der Waals surface area contributed by atoms with Crippen molar-refractivity contribution < 1.29 is 17.9 Å². The molecule has 0 aliphatic rings. The third-order valence-electron chi connectivity index (χ3n) is 4.89. The molecule has 0 atom stereocenters. The third-order valence-corrected chi connectivity index (χ3v) is 7.35. The summed E-state index contributed by atoms with van der Waals surface area (Å²) < 4.78 is 30.4. The Hall–Kier alpha value is -3.82. The summed E-state index contributed by atoms with van der Waals surface area (Å²) in [5.74, 6) is 0.335. The van der Waals surface area contributed by atoms with Crippen LogP contribution in [-0.2, 0) is 20.4 Å². The van der Waals surface area contributed by atoms with Crippen molar-refractivity contribution in [1.29, 1.82) is 0 Å².